The highest BCUT2D eigenvalue weighted by Crippen LogP contribution is 2.61. The number of phosphoric ester groups is 3. The van der Waals surface area contributed by atoms with Crippen molar-refractivity contribution in [1.29, 1.82) is 0 Å². The lowest BCUT2D eigenvalue weighted by Crippen LogP contribution is -2.46. The smallest absolute Gasteiger partial charge is 0.386 e. The molecule has 1 fully saturated rings. The van der Waals surface area contributed by atoms with Crippen LogP contribution in [0.2, 0.25) is 0 Å². The number of carbonyl (C=O) groups excluding carboxylic acids is 3. The first kappa shape index (κ1) is 59.9. The standard InChI is InChI=1S/C40H72N7O17P3S/c1-25(2)11-8-12-26(3)13-9-14-27(4)15-10-16-28(5)39(52)68-20-19-42-30(48)17-18-43-37(51)34(50)40(6,7)22-61-67(58,59)64-66(56,57)60-21-29-33(63-65(53,54)55)32(49)38(62-29)47-24-46-31-35(41)44-23-45-36(31)47/h23-29,32-34,38,49-50H,8-22H2,1-7H3,(H,42,48)(H,43,51)(H,56,57)(H,58,59)(H2,41,44,45)(H2,53,54,55)/t26-,27-,28+,29-,32?,33?,34+,38-/m1/s1. The van der Waals surface area contributed by atoms with Crippen LogP contribution >= 0.6 is 35.2 Å². The first-order valence-corrected chi connectivity index (χ1v) is 28.2. The topological polar surface area (TPSA) is 364 Å². The Morgan fingerprint density at radius 3 is 2.10 bits per heavy atom. The maximum Gasteiger partial charge on any atom is 0.481 e. The predicted octanol–water partition coefficient (Wildman–Crippen LogP) is 4.74. The van der Waals surface area contributed by atoms with E-state index in [0.29, 0.717) is 11.7 Å². The van der Waals surface area contributed by atoms with Crippen molar-refractivity contribution < 1.29 is 80.5 Å². The number of thioether (sulfide) groups is 1. The summed E-state index contributed by atoms with van der Waals surface area (Å²) >= 11 is 1.16. The van der Waals surface area contributed by atoms with E-state index in [1.54, 1.807) is 0 Å². The first-order chi connectivity index (χ1) is 31.6. The van der Waals surface area contributed by atoms with Crippen LogP contribution in [0.4, 0.5) is 5.82 Å². The van der Waals surface area contributed by atoms with Crippen molar-refractivity contribution in [2.75, 3.05) is 37.8 Å². The van der Waals surface area contributed by atoms with Gasteiger partial charge in [-0.2, -0.15) is 4.31 Å². The number of hydrogen-bond donors (Lipinski definition) is 9. The molecule has 0 aromatic carbocycles. The number of rotatable bonds is 32. The Kier molecular flexibility index (Phi) is 24.1. The summed E-state index contributed by atoms with van der Waals surface area (Å²) in [6, 6.07) is 0. The van der Waals surface area contributed by atoms with Crippen molar-refractivity contribution in [3.8, 4) is 0 Å². The number of aliphatic hydroxyl groups is 2. The van der Waals surface area contributed by atoms with Crippen LogP contribution in [0.1, 0.15) is 119 Å². The molecule has 1 aliphatic heterocycles. The number of nitrogen functional groups attached to an aromatic ring is 1. The number of nitrogens with zero attached hydrogens (tertiary/aromatic N) is 4. The van der Waals surface area contributed by atoms with E-state index in [-0.39, 0.29) is 47.5 Å². The highest BCUT2D eigenvalue weighted by Gasteiger charge is 2.50. The molecule has 0 bridgehead atoms. The Hall–Kier alpha value is -2.44. The van der Waals surface area contributed by atoms with E-state index < -0.39 is 84.6 Å². The van der Waals surface area contributed by atoms with Crippen molar-refractivity contribution in [2.45, 2.75) is 143 Å². The summed E-state index contributed by atoms with van der Waals surface area (Å²) in [7, 11) is -16.4. The van der Waals surface area contributed by atoms with Gasteiger partial charge in [0.2, 0.25) is 11.8 Å². The Bertz CT molecular complexity index is 2080. The molecule has 0 radical (unpaired) electrons. The van der Waals surface area contributed by atoms with Crippen LogP contribution in [0.5, 0.6) is 0 Å². The highest BCUT2D eigenvalue weighted by atomic mass is 32.2. The zero-order valence-corrected chi connectivity index (χ0v) is 43.2. The molecule has 2 aromatic heterocycles. The molecule has 2 aromatic rings. The van der Waals surface area contributed by atoms with E-state index in [2.05, 4.69) is 62.1 Å². The first-order valence-electron chi connectivity index (χ1n) is 22.7. The van der Waals surface area contributed by atoms with Gasteiger partial charge >= 0.3 is 23.5 Å². The number of ether oxygens (including phenoxy) is 1. The van der Waals surface area contributed by atoms with Crippen molar-refractivity contribution in [1.82, 2.24) is 30.2 Å². The average Bonchev–Trinajstić information content (AvgIpc) is 3.80. The number of fused-ring (bicyclic) bond motifs is 1. The van der Waals surface area contributed by atoms with Crippen molar-refractivity contribution in [3.63, 3.8) is 0 Å². The molecule has 3 rings (SSSR count). The zero-order valence-electron chi connectivity index (χ0n) is 39.7. The fraction of sp³-hybridized carbons (Fsp3) is 0.800. The normalized spacial score (nSPS) is 21.5. The van der Waals surface area contributed by atoms with Crippen molar-refractivity contribution >= 4 is 69.1 Å². The molecule has 24 nitrogen and oxygen atoms in total. The minimum absolute atomic E-state index is 0.0330. The monoisotopic (exact) mass is 1050 g/mol. The van der Waals surface area contributed by atoms with Crippen LogP contribution in [0.25, 0.3) is 11.2 Å². The minimum atomic E-state index is -5.58. The molecule has 390 valence electrons. The second-order valence-corrected chi connectivity index (χ2v) is 23.9. The lowest BCUT2D eigenvalue weighted by molar-refractivity contribution is -0.137. The van der Waals surface area contributed by atoms with Gasteiger partial charge in [-0.3, -0.25) is 32.5 Å². The number of hydrogen-bond acceptors (Lipinski definition) is 18. The van der Waals surface area contributed by atoms with E-state index in [9.17, 15) is 57.9 Å². The molecule has 1 saturated heterocycles. The number of carbonyl (C=O) groups is 3. The lowest BCUT2D eigenvalue weighted by atomic mass is 9.87. The number of nitrogens with two attached hydrogens (primary N) is 1. The van der Waals surface area contributed by atoms with E-state index >= 15 is 0 Å². The third-order valence-corrected chi connectivity index (χ3v) is 15.5. The second kappa shape index (κ2) is 27.4. The number of aliphatic hydroxyl groups excluding tert-OH is 2. The molecule has 0 aliphatic carbocycles. The molecule has 4 unspecified atom stereocenters. The maximum absolute atomic E-state index is 12.8. The maximum atomic E-state index is 12.8. The van der Waals surface area contributed by atoms with Crippen molar-refractivity contribution in [2.24, 2.45) is 29.1 Å². The molecular weight excluding hydrogens is 975 g/mol. The zero-order chi connectivity index (χ0) is 51.0. The van der Waals surface area contributed by atoms with Crippen LogP contribution in [-0.2, 0) is 50.7 Å². The number of nitrogens with one attached hydrogen (secondary N) is 2. The molecule has 0 spiro atoms. The van der Waals surface area contributed by atoms with Gasteiger partial charge in [0.15, 0.2) is 22.8 Å². The van der Waals surface area contributed by atoms with Crippen LogP contribution in [0.3, 0.4) is 0 Å². The number of phosphoric acid groups is 3. The van der Waals surface area contributed by atoms with Gasteiger partial charge in [-0.15, -0.1) is 0 Å². The summed E-state index contributed by atoms with van der Waals surface area (Å²) in [6.07, 6.45) is 3.58. The van der Waals surface area contributed by atoms with Gasteiger partial charge in [0.05, 0.1) is 19.5 Å². The van der Waals surface area contributed by atoms with E-state index in [1.165, 1.54) is 52.4 Å². The Labute approximate surface area is 401 Å². The summed E-state index contributed by atoms with van der Waals surface area (Å²) in [5.41, 5.74) is 4.29. The summed E-state index contributed by atoms with van der Waals surface area (Å²) in [5, 5.41) is 26.7. The molecule has 3 heterocycles. The van der Waals surface area contributed by atoms with Crippen molar-refractivity contribution in [3.05, 3.63) is 12.7 Å². The summed E-state index contributed by atoms with van der Waals surface area (Å²) in [5.74, 6) is 1.01. The molecule has 10 N–H and O–H groups in total. The van der Waals surface area contributed by atoms with E-state index in [0.717, 1.165) is 60.1 Å². The molecule has 28 heteroatoms. The predicted molar refractivity (Wildman–Crippen MR) is 251 cm³/mol. The minimum Gasteiger partial charge on any atom is -0.386 e. The van der Waals surface area contributed by atoms with Crippen LogP contribution < -0.4 is 16.4 Å². The van der Waals surface area contributed by atoms with Gasteiger partial charge in [0, 0.05) is 36.6 Å². The van der Waals surface area contributed by atoms with Gasteiger partial charge in [-0.25, -0.2) is 28.6 Å². The third kappa shape index (κ3) is 20.7. The summed E-state index contributed by atoms with van der Waals surface area (Å²) in [4.78, 5) is 89.0. The molecule has 2 amide bonds. The third-order valence-electron chi connectivity index (χ3n) is 11.4. The molecule has 68 heavy (non-hydrogen) atoms. The fourth-order valence-corrected chi connectivity index (χ4v) is 10.9. The number of imidazole rings is 1. The number of anilines is 1. The van der Waals surface area contributed by atoms with E-state index in [4.69, 9.17) is 19.5 Å². The Balaban J connectivity index is 1.34. The highest BCUT2D eigenvalue weighted by molar-refractivity contribution is 8.13. The Morgan fingerprint density at radius 2 is 1.49 bits per heavy atom. The number of amides is 2. The van der Waals surface area contributed by atoms with Gasteiger partial charge in [-0.1, -0.05) is 112 Å². The number of aromatic nitrogens is 4. The summed E-state index contributed by atoms with van der Waals surface area (Å²) in [6.45, 7) is 11.6. The van der Waals surface area contributed by atoms with Gasteiger partial charge in [0.1, 0.15) is 36.3 Å². The molecule has 10 atom stereocenters. The molecule has 0 saturated carbocycles. The second-order valence-electron chi connectivity index (χ2n) is 18.5. The quantitative estimate of drug-likeness (QED) is 0.0353. The lowest BCUT2D eigenvalue weighted by Gasteiger charge is -2.30. The van der Waals surface area contributed by atoms with E-state index in [1.807, 2.05) is 6.92 Å². The summed E-state index contributed by atoms with van der Waals surface area (Å²) < 4.78 is 62.5. The van der Waals surface area contributed by atoms with Crippen LogP contribution in [0.15, 0.2) is 12.7 Å². The van der Waals surface area contributed by atoms with Crippen LogP contribution in [0, 0.1) is 29.1 Å². The van der Waals surface area contributed by atoms with Gasteiger partial charge < -0.3 is 50.9 Å². The SMILES string of the molecule is CC(C)CCC[C@@H](C)CCC[C@@H](C)CCC[C@H](C)C(=O)SCCNC(=O)CCNC(=O)[C@H](O)C(C)(C)COP(=O)(O)OP(=O)(O)OC[C@H]1O[C@@H](n2cnc3c(N)ncnc32)C(O)C1OP(=O)(O)O. The Morgan fingerprint density at radius 1 is 0.882 bits per heavy atom. The molecule has 1 aliphatic rings. The average molecular weight is 1050 g/mol. The van der Waals surface area contributed by atoms with Gasteiger partial charge in [0.25, 0.3) is 0 Å². The van der Waals surface area contributed by atoms with Crippen LogP contribution in [-0.4, -0.2) is 123 Å². The largest absolute Gasteiger partial charge is 0.481 e. The van der Waals surface area contributed by atoms with Gasteiger partial charge in [-0.05, 0) is 24.2 Å². The fourth-order valence-electron chi connectivity index (χ4n) is 7.29. The molecular formula is C40H72N7O17P3S.